The maximum absolute atomic E-state index is 12.7. The molecule has 17 heavy (non-hydrogen) atoms. The second kappa shape index (κ2) is 5.40. The molecule has 0 aliphatic heterocycles. The Morgan fingerprint density at radius 1 is 1.24 bits per heavy atom. The summed E-state index contributed by atoms with van der Waals surface area (Å²) in [6, 6.07) is 5.35. The quantitative estimate of drug-likeness (QED) is 0.887. The van der Waals surface area contributed by atoms with Crippen molar-refractivity contribution in [2.45, 2.75) is 38.6 Å². The molecule has 0 saturated carbocycles. The first-order valence-electron chi connectivity index (χ1n) is 5.40. The van der Waals surface area contributed by atoms with Gasteiger partial charge in [0.05, 0.1) is 6.04 Å². The van der Waals surface area contributed by atoms with E-state index in [-0.39, 0.29) is 12.2 Å². The summed E-state index contributed by atoms with van der Waals surface area (Å²) >= 11 is 0. The van der Waals surface area contributed by atoms with E-state index in [1.54, 1.807) is 19.1 Å². The molecule has 0 amide bonds. The average Bonchev–Trinajstić information content (AvgIpc) is 2.25. The third-order valence-corrected chi connectivity index (χ3v) is 2.47. The van der Waals surface area contributed by atoms with Crippen LogP contribution in [0, 0.1) is 6.92 Å². The summed E-state index contributed by atoms with van der Waals surface area (Å²) < 4.78 is 43.1. The maximum atomic E-state index is 12.7. The number of nitrogens with two attached hydrogens (primary N) is 1. The van der Waals surface area contributed by atoms with Crippen LogP contribution in [-0.2, 0) is 0 Å². The van der Waals surface area contributed by atoms with Crippen molar-refractivity contribution in [3.63, 3.8) is 0 Å². The molecule has 0 saturated heterocycles. The molecular weight excluding hydrogens is 231 g/mol. The van der Waals surface area contributed by atoms with Crippen molar-refractivity contribution in [3.05, 3.63) is 29.8 Å². The Kier molecular flexibility index (Phi) is 4.40. The molecule has 1 rings (SSSR count). The van der Waals surface area contributed by atoms with Gasteiger partial charge < -0.3 is 10.5 Å². The monoisotopic (exact) mass is 247 g/mol. The zero-order valence-corrected chi connectivity index (χ0v) is 9.79. The van der Waals surface area contributed by atoms with Gasteiger partial charge in [0.1, 0.15) is 5.75 Å². The topological polar surface area (TPSA) is 35.2 Å². The van der Waals surface area contributed by atoms with Crippen molar-refractivity contribution in [3.8, 4) is 5.75 Å². The zero-order chi connectivity index (χ0) is 13.1. The molecular formula is C12H16F3NO. The number of rotatable bonds is 4. The standard InChI is InChI=1S/C12H16F3NO/c1-3-10(16)11(12(13,14)15)17-9-6-4-8(2)5-7-9/h4-7,10-11H,3,16H2,1-2H3. The van der Waals surface area contributed by atoms with Crippen LogP contribution in [0.25, 0.3) is 0 Å². The lowest BCUT2D eigenvalue weighted by Gasteiger charge is -2.26. The summed E-state index contributed by atoms with van der Waals surface area (Å²) in [6.45, 7) is 3.45. The highest BCUT2D eigenvalue weighted by Crippen LogP contribution is 2.27. The Morgan fingerprint density at radius 2 is 1.76 bits per heavy atom. The number of alkyl halides is 3. The first kappa shape index (κ1) is 13.8. The second-order valence-electron chi connectivity index (χ2n) is 3.97. The largest absolute Gasteiger partial charge is 0.479 e. The fourth-order valence-electron chi connectivity index (χ4n) is 1.37. The fraction of sp³-hybridized carbons (Fsp3) is 0.500. The summed E-state index contributed by atoms with van der Waals surface area (Å²) in [5.74, 6) is 0.182. The lowest BCUT2D eigenvalue weighted by molar-refractivity contribution is -0.200. The molecule has 0 aliphatic rings. The van der Waals surface area contributed by atoms with Crippen LogP contribution in [0.1, 0.15) is 18.9 Å². The summed E-state index contributed by atoms with van der Waals surface area (Å²) in [5, 5.41) is 0. The van der Waals surface area contributed by atoms with Gasteiger partial charge in [0.25, 0.3) is 0 Å². The minimum atomic E-state index is -4.46. The third kappa shape index (κ3) is 3.93. The van der Waals surface area contributed by atoms with Crippen LogP contribution in [0.4, 0.5) is 13.2 Å². The van der Waals surface area contributed by atoms with Gasteiger partial charge >= 0.3 is 6.18 Å². The molecule has 0 spiro atoms. The van der Waals surface area contributed by atoms with Crippen molar-refractivity contribution in [2.24, 2.45) is 5.73 Å². The van der Waals surface area contributed by atoms with Gasteiger partial charge in [0, 0.05) is 0 Å². The van der Waals surface area contributed by atoms with Crippen LogP contribution in [0.3, 0.4) is 0 Å². The van der Waals surface area contributed by atoms with Gasteiger partial charge in [0.15, 0.2) is 0 Å². The zero-order valence-electron chi connectivity index (χ0n) is 9.79. The molecule has 0 bridgehead atoms. The molecule has 2 N–H and O–H groups in total. The lowest BCUT2D eigenvalue weighted by atomic mass is 10.1. The SMILES string of the molecule is CCC(N)C(Oc1ccc(C)cc1)C(F)(F)F. The number of hydrogen-bond acceptors (Lipinski definition) is 2. The number of ether oxygens (including phenoxy) is 1. The van der Waals surface area contributed by atoms with E-state index in [9.17, 15) is 13.2 Å². The van der Waals surface area contributed by atoms with Crippen molar-refractivity contribution in [1.29, 1.82) is 0 Å². The van der Waals surface area contributed by atoms with Crippen LogP contribution < -0.4 is 10.5 Å². The van der Waals surface area contributed by atoms with Crippen LogP contribution in [-0.4, -0.2) is 18.3 Å². The van der Waals surface area contributed by atoms with E-state index in [1.165, 1.54) is 12.1 Å². The molecule has 0 heterocycles. The van der Waals surface area contributed by atoms with Gasteiger partial charge in [-0.05, 0) is 25.5 Å². The predicted molar refractivity (Wildman–Crippen MR) is 59.9 cm³/mol. The smallest absolute Gasteiger partial charge is 0.426 e. The van der Waals surface area contributed by atoms with Gasteiger partial charge in [-0.15, -0.1) is 0 Å². The van der Waals surface area contributed by atoms with Crippen molar-refractivity contribution < 1.29 is 17.9 Å². The molecule has 2 nitrogen and oxygen atoms in total. The van der Waals surface area contributed by atoms with E-state index in [1.807, 2.05) is 6.92 Å². The second-order valence-corrected chi connectivity index (χ2v) is 3.97. The number of hydrogen-bond donors (Lipinski definition) is 1. The van der Waals surface area contributed by atoms with Gasteiger partial charge in [-0.2, -0.15) is 13.2 Å². The minimum Gasteiger partial charge on any atom is -0.479 e. The van der Waals surface area contributed by atoms with Crippen LogP contribution in [0.15, 0.2) is 24.3 Å². The molecule has 2 atom stereocenters. The van der Waals surface area contributed by atoms with Crippen molar-refractivity contribution in [1.82, 2.24) is 0 Å². The minimum absolute atomic E-state index is 0.182. The average molecular weight is 247 g/mol. The molecule has 0 aromatic heterocycles. The highest BCUT2D eigenvalue weighted by Gasteiger charge is 2.45. The fourth-order valence-corrected chi connectivity index (χ4v) is 1.37. The first-order valence-corrected chi connectivity index (χ1v) is 5.40. The highest BCUT2D eigenvalue weighted by molar-refractivity contribution is 5.26. The normalized spacial score (nSPS) is 15.4. The Balaban J connectivity index is 2.83. The number of benzene rings is 1. The Morgan fingerprint density at radius 3 is 2.18 bits per heavy atom. The molecule has 0 aliphatic carbocycles. The van der Waals surface area contributed by atoms with E-state index in [2.05, 4.69) is 0 Å². The van der Waals surface area contributed by atoms with Gasteiger partial charge in [-0.3, -0.25) is 0 Å². The molecule has 96 valence electrons. The Bertz CT molecular complexity index is 348. The summed E-state index contributed by atoms with van der Waals surface area (Å²) in [4.78, 5) is 0. The first-order chi connectivity index (χ1) is 7.84. The van der Waals surface area contributed by atoms with E-state index in [0.717, 1.165) is 5.56 Å². The van der Waals surface area contributed by atoms with Crippen LogP contribution in [0.2, 0.25) is 0 Å². The number of aryl methyl sites for hydroxylation is 1. The summed E-state index contributed by atoms with van der Waals surface area (Å²) in [7, 11) is 0. The Labute approximate surface area is 98.6 Å². The predicted octanol–water partition coefficient (Wildman–Crippen LogP) is 3.04. The molecule has 1 aromatic rings. The lowest BCUT2D eigenvalue weighted by Crippen LogP contribution is -2.48. The summed E-state index contributed by atoms with van der Waals surface area (Å²) in [6.07, 6.45) is -6.22. The summed E-state index contributed by atoms with van der Waals surface area (Å²) in [5.41, 5.74) is 6.40. The molecule has 5 heteroatoms. The molecule has 0 radical (unpaired) electrons. The van der Waals surface area contributed by atoms with Gasteiger partial charge in [-0.1, -0.05) is 24.6 Å². The molecule has 1 aromatic carbocycles. The van der Waals surface area contributed by atoms with Gasteiger partial charge in [0.2, 0.25) is 6.10 Å². The van der Waals surface area contributed by atoms with Crippen LogP contribution >= 0.6 is 0 Å². The van der Waals surface area contributed by atoms with Crippen molar-refractivity contribution in [2.75, 3.05) is 0 Å². The third-order valence-electron chi connectivity index (χ3n) is 2.47. The van der Waals surface area contributed by atoms with Gasteiger partial charge in [-0.25, -0.2) is 0 Å². The Hall–Kier alpha value is -1.23. The van der Waals surface area contributed by atoms with E-state index in [0.29, 0.717) is 0 Å². The molecule has 2 unspecified atom stereocenters. The molecule has 0 fully saturated rings. The van der Waals surface area contributed by atoms with E-state index in [4.69, 9.17) is 10.5 Å². The highest BCUT2D eigenvalue weighted by atomic mass is 19.4. The van der Waals surface area contributed by atoms with E-state index < -0.39 is 18.3 Å². The maximum Gasteiger partial charge on any atom is 0.426 e. The van der Waals surface area contributed by atoms with Crippen LogP contribution in [0.5, 0.6) is 5.75 Å². The number of halogens is 3. The van der Waals surface area contributed by atoms with Crippen molar-refractivity contribution >= 4 is 0 Å². The van der Waals surface area contributed by atoms with E-state index >= 15 is 0 Å².